The number of rotatable bonds is 4. The molecule has 0 aromatic heterocycles. The van der Waals surface area contributed by atoms with Crippen molar-refractivity contribution >= 4 is 0 Å². The van der Waals surface area contributed by atoms with Crippen LogP contribution in [0.1, 0.15) is 18.6 Å². The Hall–Kier alpha value is -0.900. The number of hydrogen-bond acceptors (Lipinski definition) is 3. The van der Waals surface area contributed by atoms with E-state index in [-0.39, 0.29) is 6.61 Å². The van der Waals surface area contributed by atoms with Gasteiger partial charge in [0.15, 0.2) is 0 Å². The summed E-state index contributed by atoms with van der Waals surface area (Å²) < 4.78 is 0. The molecule has 0 heterocycles. The summed E-state index contributed by atoms with van der Waals surface area (Å²) in [5.74, 6) is -0.530. The summed E-state index contributed by atoms with van der Waals surface area (Å²) >= 11 is 0. The van der Waals surface area contributed by atoms with Crippen LogP contribution in [0.3, 0.4) is 0 Å². The highest BCUT2D eigenvalue weighted by molar-refractivity contribution is 5.18. The fourth-order valence-corrected chi connectivity index (χ4v) is 1.41. The minimum atomic E-state index is -0.818. The molecule has 3 nitrogen and oxygen atoms in total. The monoisotopic (exact) mass is 196 g/mol. The van der Waals surface area contributed by atoms with Crippen LogP contribution in [0.5, 0.6) is 0 Å². The van der Waals surface area contributed by atoms with Crippen LogP contribution in [-0.2, 0) is 0 Å². The van der Waals surface area contributed by atoms with E-state index in [4.69, 9.17) is 5.11 Å². The van der Waals surface area contributed by atoms with Gasteiger partial charge in [0.2, 0.25) is 0 Å². The maximum absolute atomic E-state index is 9.83. The highest BCUT2D eigenvalue weighted by Crippen LogP contribution is 2.23. The van der Waals surface area contributed by atoms with Crippen LogP contribution in [0.2, 0.25) is 0 Å². The molecule has 0 saturated carbocycles. The zero-order valence-corrected chi connectivity index (χ0v) is 8.17. The molecule has 3 N–H and O–H groups in total. The van der Waals surface area contributed by atoms with E-state index in [9.17, 15) is 10.2 Å². The second-order valence-corrected chi connectivity index (χ2v) is 3.44. The number of aliphatic hydroxyl groups excluding tert-OH is 3. The molecular formula is C11H16O3. The van der Waals surface area contributed by atoms with Gasteiger partial charge in [-0.1, -0.05) is 30.3 Å². The molecule has 0 aliphatic carbocycles. The topological polar surface area (TPSA) is 60.7 Å². The molecule has 78 valence electrons. The van der Waals surface area contributed by atoms with Crippen LogP contribution >= 0.6 is 0 Å². The predicted molar refractivity (Wildman–Crippen MR) is 53.7 cm³/mol. The van der Waals surface area contributed by atoms with Gasteiger partial charge >= 0.3 is 0 Å². The third-order valence-electron chi connectivity index (χ3n) is 2.38. The fourth-order valence-electron chi connectivity index (χ4n) is 1.41. The zero-order valence-electron chi connectivity index (χ0n) is 8.17. The van der Waals surface area contributed by atoms with E-state index in [0.717, 1.165) is 0 Å². The van der Waals surface area contributed by atoms with Gasteiger partial charge in [0.1, 0.15) is 0 Å². The SMILES string of the molecule is C[C@H](O)[C@H](CO)[C@@H](O)c1ccccc1. The first-order valence-electron chi connectivity index (χ1n) is 4.68. The summed E-state index contributed by atoms with van der Waals surface area (Å²) in [7, 11) is 0. The smallest absolute Gasteiger partial charge is 0.0864 e. The molecule has 1 aromatic carbocycles. The molecule has 0 radical (unpaired) electrons. The van der Waals surface area contributed by atoms with Crippen molar-refractivity contribution in [2.24, 2.45) is 5.92 Å². The van der Waals surface area contributed by atoms with Gasteiger partial charge in [0.05, 0.1) is 18.8 Å². The zero-order chi connectivity index (χ0) is 10.6. The Kier molecular flexibility index (Phi) is 4.07. The summed E-state index contributed by atoms with van der Waals surface area (Å²) in [6.45, 7) is 1.33. The third-order valence-corrected chi connectivity index (χ3v) is 2.38. The maximum Gasteiger partial charge on any atom is 0.0864 e. The normalized spacial score (nSPS) is 17.4. The molecule has 0 fully saturated rings. The summed E-state index contributed by atoms with van der Waals surface area (Å²) in [6.07, 6.45) is -1.54. The summed E-state index contributed by atoms with van der Waals surface area (Å²) in [5, 5.41) is 28.2. The van der Waals surface area contributed by atoms with E-state index in [2.05, 4.69) is 0 Å². The van der Waals surface area contributed by atoms with E-state index in [1.807, 2.05) is 18.2 Å². The molecule has 1 aromatic rings. The second kappa shape index (κ2) is 5.10. The Labute approximate surface area is 83.6 Å². The minimum absolute atomic E-state index is 0.228. The van der Waals surface area contributed by atoms with Crippen molar-refractivity contribution in [2.75, 3.05) is 6.61 Å². The number of hydrogen-bond donors (Lipinski definition) is 3. The van der Waals surface area contributed by atoms with Crippen LogP contribution in [0.15, 0.2) is 30.3 Å². The van der Waals surface area contributed by atoms with Crippen molar-refractivity contribution in [3.8, 4) is 0 Å². The average Bonchev–Trinajstić information content (AvgIpc) is 2.19. The van der Waals surface area contributed by atoms with Crippen LogP contribution in [0, 0.1) is 5.92 Å². The molecule has 0 aliphatic rings. The van der Waals surface area contributed by atoms with Gasteiger partial charge in [0, 0.05) is 5.92 Å². The third kappa shape index (κ3) is 2.54. The molecule has 0 bridgehead atoms. The van der Waals surface area contributed by atoms with Crippen molar-refractivity contribution < 1.29 is 15.3 Å². The Bertz CT molecular complexity index is 258. The molecule has 3 atom stereocenters. The molecular weight excluding hydrogens is 180 g/mol. The Balaban J connectivity index is 2.78. The first-order chi connectivity index (χ1) is 6.66. The van der Waals surface area contributed by atoms with E-state index in [0.29, 0.717) is 5.56 Å². The molecule has 0 saturated heterocycles. The van der Waals surface area contributed by atoms with Crippen molar-refractivity contribution in [1.29, 1.82) is 0 Å². The van der Waals surface area contributed by atoms with E-state index in [1.54, 1.807) is 19.1 Å². The van der Waals surface area contributed by atoms with Crippen LogP contribution in [0.25, 0.3) is 0 Å². The first-order valence-corrected chi connectivity index (χ1v) is 4.68. The lowest BCUT2D eigenvalue weighted by Gasteiger charge is -2.23. The van der Waals surface area contributed by atoms with Crippen molar-refractivity contribution in [3.05, 3.63) is 35.9 Å². The van der Waals surface area contributed by atoms with Gasteiger partial charge in [0.25, 0.3) is 0 Å². The highest BCUT2D eigenvalue weighted by atomic mass is 16.3. The van der Waals surface area contributed by atoms with Crippen LogP contribution in [0.4, 0.5) is 0 Å². The highest BCUT2D eigenvalue weighted by Gasteiger charge is 2.24. The van der Waals surface area contributed by atoms with Gasteiger partial charge in [-0.05, 0) is 12.5 Å². The van der Waals surface area contributed by atoms with Crippen LogP contribution in [-0.4, -0.2) is 28.0 Å². The fraction of sp³-hybridized carbons (Fsp3) is 0.455. The Morgan fingerprint density at radius 1 is 1.14 bits per heavy atom. The number of benzene rings is 1. The van der Waals surface area contributed by atoms with E-state index >= 15 is 0 Å². The van der Waals surface area contributed by atoms with Gasteiger partial charge in [-0.25, -0.2) is 0 Å². The largest absolute Gasteiger partial charge is 0.396 e. The molecule has 3 heteroatoms. The van der Waals surface area contributed by atoms with Gasteiger partial charge in [-0.3, -0.25) is 0 Å². The molecule has 0 spiro atoms. The Morgan fingerprint density at radius 3 is 2.14 bits per heavy atom. The molecule has 14 heavy (non-hydrogen) atoms. The van der Waals surface area contributed by atoms with Crippen molar-refractivity contribution in [3.63, 3.8) is 0 Å². The van der Waals surface area contributed by atoms with E-state index in [1.165, 1.54) is 0 Å². The van der Waals surface area contributed by atoms with E-state index < -0.39 is 18.1 Å². The first kappa shape index (κ1) is 11.2. The molecule has 0 unspecified atom stereocenters. The van der Waals surface area contributed by atoms with Crippen LogP contribution < -0.4 is 0 Å². The minimum Gasteiger partial charge on any atom is -0.396 e. The lowest BCUT2D eigenvalue weighted by Crippen LogP contribution is -2.27. The quantitative estimate of drug-likeness (QED) is 0.664. The molecule has 0 aliphatic heterocycles. The lowest BCUT2D eigenvalue weighted by molar-refractivity contribution is -0.00952. The van der Waals surface area contributed by atoms with Gasteiger partial charge < -0.3 is 15.3 Å². The second-order valence-electron chi connectivity index (χ2n) is 3.44. The van der Waals surface area contributed by atoms with Gasteiger partial charge in [-0.2, -0.15) is 0 Å². The average molecular weight is 196 g/mol. The number of aliphatic hydroxyl groups is 3. The predicted octanol–water partition coefficient (Wildman–Crippen LogP) is 0.709. The van der Waals surface area contributed by atoms with Crippen molar-refractivity contribution in [2.45, 2.75) is 19.1 Å². The summed E-state index contributed by atoms with van der Waals surface area (Å²) in [4.78, 5) is 0. The van der Waals surface area contributed by atoms with Crippen molar-refractivity contribution in [1.82, 2.24) is 0 Å². The lowest BCUT2D eigenvalue weighted by atomic mass is 9.92. The summed E-state index contributed by atoms with van der Waals surface area (Å²) in [6, 6.07) is 9.03. The Morgan fingerprint density at radius 2 is 1.71 bits per heavy atom. The maximum atomic E-state index is 9.83. The standard InChI is InChI=1S/C11H16O3/c1-8(13)10(7-12)11(14)9-5-3-2-4-6-9/h2-6,8,10-14H,7H2,1H3/t8-,10-,11-/m0/s1. The van der Waals surface area contributed by atoms with Gasteiger partial charge in [-0.15, -0.1) is 0 Å². The molecule has 1 rings (SSSR count). The summed E-state index contributed by atoms with van der Waals surface area (Å²) in [5.41, 5.74) is 0.715. The molecule has 0 amide bonds.